The first-order valence-electron chi connectivity index (χ1n) is 5.83. The molecular weight excluding hydrogens is 262 g/mol. The van der Waals surface area contributed by atoms with Crippen molar-refractivity contribution >= 4 is 35.4 Å². The number of aliphatic carboxylic acids is 1. The molecule has 0 bridgehead atoms. The van der Waals surface area contributed by atoms with E-state index in [9.17, 15) is 9.59 Å². The Hall–Kier alpha value is -1.75. The maximum absolute atomic E-state index is 11.6. The van der Waals surface area contributed by atoms with E-state index >= 15 is 0 Å². The van der Waals surface area contributed by atoms with Gasteiger partial charge in [0, 0.05) is 23.9 Å². The van der Waals surface area contributed by atoms with Crippen LogP contribution in [0.25, 0.3) is 6.08 Å². The highest BCUT2D eigenvalue weighted by atomic mass is 32.2. The molecule has 1 aromatic carbocycles. The Morgan fingerprint density at radius 1 is 1.42 bits per heavy atom. The van der Waals surface area contributed by atoms with Gasteiger partial charge >= 0.3 is 5.97 Å². The standard InChI is InChI=1S/C14H17NO3S/c1-10-9-11(4-6-14(17)18)3-5-12(10)15-13(16)7-8-19-2/h3-6,9H,7-8H2,1-2H3,(H,15,16)(H,17,18)/b6-4+. The molecule has 0 atom stereocenters. The van der Waals surface area contributed by atoms with Crippen LogP contribution in [0.1, 0.15) is 17.5 Å². The predicted molar refractivity (Wildman–Crippen MR) is 79.5 cm³/mol. The molecule has 0 saturated carbocycles. The molecule has 0 spiro atoms. The largest absolute Gasteiger partial charge is 0.478 e. The van der Waals surface area contributed by atoms with Gasteiger partial charge < -0.3 is 10.4 Å². The molecular formula is C14H17NO3S. The molecule has 1 rings (SSSR count). The highest BCUT2D eigenvalue weighted by Gasteiger charge is 2.04. The lowest BCUT2D eigenvalue weighted by atomic mass is 10.1. The third-order valence-corrected chi connectivity index (χ3v) is 3.09. The Bertz CT molecular complexity index is 497. The fourth-order valence-corrected chi connectivity index (χ4v) is 1.90. The summed E-state index contributed by atoms with van der Waals surface area (Å²) in [6.07, 6.45) is 5.06. The first kappa shape index (κ1) is 15.3. The summed E-state index contributed by atoms with van der Waals surface area (Å²) in [5, 5.41) is 11.4. The number of anilines is 1. The van der Waals surface area contributed by atoms with Gasteiger partial charge in [0.2, 0.25) is 5.91 Å². The summed E-state index contributed by atoms with van der Waals surface area (Å²) in [6, 6.07) is 5.40. The molecule has 0 radical (unpaired) electrons. The van der Waals surface area contributed by atoms with Crippen LogP contribution in [0, 0.1) is 6.92 Å². The summed E-state index contributed by atoms with van der Waals surface area (Å²) in [6.45, 7) is 1.88. The molecule has 0 fully saturated rings. The lowest BCUT2D eigenvalue weighted by Gasteiger charge is -2.08. The third kappa shape index (κ3) is 5.61. The predicted octanol–water partition coefficient (Wildman–Crippen LogP) is 2.78. The van der Waals surface area contributed by atoms with E-state index in [4.69, 9.17) is 5.11 Å². The Morgan fingerprint density at radius 3 is 2.74 bits per heavy atom. The molecule has 2 N–H and O–H groups in total. The van der Waals surface area contributed by atoms with E-state index in [0.29, 0.717) is 6.42 Å². The van der Waals surface area contributed by atoms with Crippen molar-refractivity contribution < 1.29 is 14.7 Å². The number of nitrogens with one attached hydrogen (secondary N) is 1. The molecule has 19 heavy (non-hydrogen) atoms. The van der Waals surface area contributed by atoms with Crippen molar-refractivity contribution in [3.63, 3.8) is 0 Å². The number of aryl methyl sites for hydroxylation is 1. The zero-order valence-electron chi connectivity index (χ0n) is 11.0. The number of hydrogen-bond acceptors (Lipinski definition) is 3. The summed E-state index contributed by atoms with van der Waals surface area (Å²) in [5.41, 5.74) is 2.46. The summed E-state index contributed by atoms with van der Waals surface area (Å²) >= 11 is 1.63. The van der Waals surface area contributed by atoms with Crippen molar-refractivity contribution in [2.75, 3.05) is 17.3 Å². The number of carbonyl (C=O) groups excluding carboxylic acids is 1. The molecule has 0 aliphatic carbocycles. The lowest BCUT2D eigenvalue weighted by molar-refractivity contribution is -0.131. The minimum Gasteiger partial charge on any atom is -0.478 e. The summed E-state index contributed by atoms with van der Waals surface area (Å²) in [4.78, 5) is 22.0. The molecule has 0 aromatic heterocycles. The maximum Gasteiger partial charge on any atom is 0.328 e. The first-order valence-corrected chi connectivity index (χ1v) is 7.22. The molecule has 0 saturated heterocycles. The van der Waals surface area contributed by atoms with Gasteiger partial charge in [0.1, 0.15) is 0 Å². The average molecular weight is 279 g/mol. The summed E-state index contributed by atoms with van der Waals surface area (Å²) in [7, 11) is 0. The van der Waals surface area contributed by atoms with Gasteiger partial charge in [-0.3, -0.25) is 4.79 Å². The van der Waals surface area contributed by atoms with E-state index in [1.165, 1.54) is 6.08 Å². The highest BCUT2D eigenvalue weighted by molar-refractivity contribution is 7.98. The topological polar surface area (TPSA) is 66.4 Å². The van der Waals surface area contributed by atoms with Crippen molar-refractivity contribution in [3.8, 4) is 0 Å². The van der Waals surface area contributed by atoms with Crippen molar-refractivity contribution in [2.24, 2.45) is 0 Å². The minimum absolute atomic E-state index is 0.00808. The number of thioether (sulfide) groups is 1. The fraction of sp³-hybridized carbons (Fsp3) is 0.286. The van der Waals surface area contributed by atoms with Crippen molar-refractivity contribution in [2.45, 2.75) is 13.3 Å². The van der Waals surface area contributed by atoms with Gasteiger partial charge in [-0.25, -0.2) is 4.79 Å². The lowest BCUT2D eigenvalue weighted by Crippen LogP contribution is -2.13. The van der Waals surface area contributed by atoms with Crippen molar-refractivity contribution in [1.82, 2.24) is 0 Å². The van der Waals surface area contributed by atoms with Crippen LogP contribution < -0.4 is 5.32 Å². The smallest absolute Gasteiger partial charge is 0.328 e. The van der Waals surface area contributed by atoms with Crippen LogP contribution in [-0.2, 0) is 9.59 Å². The van der Waals surface area contributed by atoms with Gasteiger partial charge in [-0.2, -0.15) is 11.8 Å². The molecule has 0 unspecified atom stereocenters. The Balaban J connectivity index is 2.72. The van der Waals surface area contributed by atoms with Crippen LogP contribution in [0.15, 0.2) is 24.3 Å². The third-order valence-electron chi connectivity index (χ3n) is 2.48. The molecule has 1 amide bonds. The van der Waals surface area contributed by atoms with Gasteiger partial charge in [0.05, 0.1) is 0 Å². The van der Waals surface area contributed by atoms with Crippen LogP contribution >= 0.6 is 11.8 Å². The van der Waals surface area contributed by atoms with Gasteiger partial charge in [0.25, 0.3) is 0 Å². The fourth-order valence-electron chi connectivity index (χ4n) is 1.51. The molecule has 0 heterocycles. The summed E-state index contributed by atoms with van der Waals surface area (Å²) in [5.74, 6) is -0.192. The zero-order chi connectivity index (χ0) is 14.3. The average Bonchev–Trinajstić information content (AvgIpc) is 2.36. The number of carboxylic acid groups (broad SMARTS) is 1. The van der Waals surface area contributed by atoms with Crippen LogP contribution in [-0.4, -0.2) is 29.0 Å². The molecule has 102 valence electrons. The van der Waals surface area contributed by atoms with Gasteiger partial charge in [-0.1, -0.05) is 6.07 Å². The van der Waals surface area contributed by atoms with E-state index in [0.717, 1.165) is 28.6 Å². The second kappa shape index (κ2) is 7.63. The number of amides is 1. The number of hydrogen-bond donors (Lipinski definition) is 2. The Labute approximate surface area is 116 Å². The zero-order valence-corrected chi connectivity index (χ0v) is 11.8. The molecule has 5 heteroatoms. The Morgan fingerprint density at radius 2 is 2.16 bits per heavy atom. The Kier molecular flexibility index (Phi) is 6.15. The molecule has 0 aliphatic rings. The van der Waals surface area contributed by atoms with Crippen molar-refractivity contribution in [1.29, 1.82) is 0 Å². The number of carbonyl (C=O) groups is 2. The minimum atomic E-state index is -0.980. The quantitative estimate of drug-likeness (QED) is 0.786. The second-order valence-electron chi connectivity index (χ2n) is 4.04. The van der Waals surface area contributed by atoms with Crippen LogP contribution in [0.3, 0.4) is 0 Å². The van der Waals surface area contributed by atoms with Crippen molar-refractivity contribution in [3.05, 3.63) is 35.4 Å². The van der Waals surface area contributed by atoms with E-state index in [1.807, 2.05) is 19.2 Å². The monoisotopic (exact) mass is 279 g/mol. The van der Waals surface area contributed by atoms with Gasteiger partial charge in [-0.15, -0.1) is 0 Å². The van der Waals surface area contributed by atoms with E-state index in [-0.39, 0.29) is 5.91 Å². The van der Waals surface area contributed by atoms with Crippen LogP contribution in [0.5, 0.6) is 0 Å². The van der Waals surface area contributed by atoms with Crippen LogP contribution in [0.4, 0.5) is 5.69 Å². The molecule has 0 aliphatic heterocycles. The molecule has 4 nitrogen and oxygen atoms in total. The van der Waals surface area contributed by atoms with E-state index in [1.54, 1.807) is 23.9 Å². The number of benzene rings is 1. The number of carboxylic acids is 1. The maximum atomic E-state index is 11.6. The van der Waals surface area contributed by atoms with E-state index in [2.05, 4.69) is 5.32 Å². The SMILES string of the molecule is CSCCC(=O)Nc1ccc(/C=C/C(=O)O)cc1C. The summed E-state index contributed by atoms with van der Waals surface area (Å²) < 4.78 is 0. The number of rotatable bonds is 6. The van der Waals surface area contributed by atoms with Gasteiger partial charge in [0.15, 0.2) is 0 Å². The van der Waals surface area contributed by atoms with Gasteiger partial charge in [-0.05, 0) is 42.5 Å². The van der Waals surface area contributed by atoms with Crippen LogP contribution in [0.2, 0.25) is 0 Å². The normalized spacial score (nSPS) is 10.6. The molecule has 1 aromatic rings. The second-order valence-corrected chi connectivity index (χ2v) is 5.02. The highest BCUT2D eigenvalue weighted by Crippen LogP contribution is 2.17. The first-order chi connectivity index (χ1) is 9.02. The van der Waals surface area contributed by atoms with E-state index < -0.39 is 5.97 Å².